The number of ether oxygens (including phenoxy) is 2. The summed E-state index contributed by atoms with van der Waals surface area (Å²) in [5, 5.41) is 3.63. The molecule has 2 fully saturated rings. The summed E-state index contributed by atoms with van der Waals surface area (Å²) in [7, 11) is 0. The van der Waals surface area contributed by atoms with Gasteiger partial charge >= 0.3 is 0 Å². The summed E-state index contributed by atoms with van der Waals surface area (Å²) in [6.45, 7) is 10.6. The lowest BCUT2D eigenvalue weighted by Crippen LogP contribution is -2.63. The third-order valence-corrected chi connectivity index (χ3v) is 5.11. The van der Waals surface area contributed by atoms with Gasteiger partial charge in [-0.2, -0.15) is 0 Å². The van der Waals surface area contributed by atoms with Crippen molar-refractivity contribution in [3.8, 4) is 0 Å². The van der Waals surface area contributed by atoms with Crippen molar-refractivity contribution < 1.29 is 9.47 Å². The lowest BCUT2D eigenvalue weighted by molar-refractivity contribution is -0.147. The Morgan fingerprint density at radius 2 is 2.06 bits per heavy atom. The van der Waals surface area contributed by atoms with E-state index in [1.807, 2.05) is 0 Å². The fourth-order valence-electron chi connectivity index (χ4n) is 3.68. The Bertz CT molecular complexity index is 247. The van der Waals surface area contributed by atoms with Crippen LogP contribution >= 0.6 is 0 Å². The van der Waals surface area contributed by atoms with Gasteiger partial charge < -0.3 is 14.8 Å². The van der Waals surface area contributed by atoms with Gasteiger partial charge in [-0.25, -0.2) is 0 Å². The van der Waals surface area contributed by atoms with Gasteiger partial charge in [0.05, 0.1) is 19.3 Å². The summed E-state index contributed by atoms with van der Waals surface area (Å²) < 4.78 is 11.6. The minimum absolute atomic E-state index is 0.371. The zero-order chi connectivity index (χ0) is 13.0. The van der Waals surface area contributed by atoms with Crippen LogP contribution in [0.25, 0.3) is 0 Å². The molecule has 0 bridgehead atoms. The summed E-state index contributed by atoms with van der Waals surface area (Å²) >= 11 is 0. The van der Waals surface area contributed by atoms with E-state index < -0.39 is 0 Å². The van der Waals surface area contributed by atoms with Crippen molar-refractivity contribution in [2.24, 2.45) is 11.3 Å². The molecule has 1 saturated carbocycles. The molecule has 1 N–H and O–H groups in total. The highest BCUT2D eigenvalue weighted by Crippen LogP contribution is 2.49. The smallest absolute Gasteiger partial charge is 0.0661 e. The van der Waals surface area contributed by atoms with Gasteiger partial charge in [0, 0.05) is 24.0 Å². The van der Waals surface area contributed by atoms with Crippen molar-refractivity contribution in [2.45, 2.75) is 58.6 Å². The molecule has 3 unspecified atom stereocenters. The molecule has 0 aromatic heterocycles. The fourth-order valence-corrected chi connectivity index (χ4v) is 3.68. The van der Waals surface area contributed by atoms with Crippen LogP contribution in [0.3, 0.4) is 0 Å². The zero-order valence-corrected chi connectivity index (χ0v) is 12.2. The molecule has 0 amide bonds. The van der Waals surface area contributed by atoms with Crippen LogP contribution in [-0.2, 0) is 9.47 Å². The van der Waals surface area contributed by atoms with Gasteiger partial charge in [0.25, 0.3) is 0 Å². The van der Waals surface area contributed by atoms with Crippen LogP contribution in [0, 0.1) is 11.3 Å². The minimum atomic E-state index is 0.371. The molecule has 0 spiro atoms. The average Bonchev–Trinajstić information content (AvgIpc) is 2.87. The Kier molecular flexibility index (Phi) is 5.05. The Hall–Kier alpha value is -0.120. The first kappa shape index (κ1) is 14.3. The Balaban J connectivity index is 1.84. The van der Waals surface area contributed by atoms with E-state index >= 15 is 0 Å². The summed E-state index contributed by atoms with van der Waals surface area (Å²) in [5.41, 5.74) is 0.371. The third-order valence-electron chi connectivity index (χ3n) is 5.11. The molecule has 18 heavy (non-hydrogen) atoms. The molecule has 1 saturated heterocycles. The first-order chi connectivity index (χ1) is 8.76. The molecule has 2 rings (SSSR count). The topological polar surface area (TPSA) is 30.5 Å². The Morgan fingerprint density at radius 3 is 2.61 bits per heavy atom. The van der Waals surface area contributed by atoms with Gasteiger partial charge in [-0.3, -0.25) is 0 Å². The quantitative estimate of drug-likeness (QED) is 0.758. The first-order valence-electron chi connectivity index (χ1n) is 7.69. The van der Waals surface area contributed by atoms with Crippen molar-refractivity contribution >= 4 is 0 Å². The number of hydrogen-bond donors (Lipinski definition) is 1. The largest absolute Gasteiger partial charge is 0.381 e. The van der Waals surface area contributed by atoms with Crippen LogP contribution < -0.4 is 5.32 Å². The van der Waals surface area contributed by atoms with E-state index in [0.717, 1.165) is 26.4 Å². The molecule has 1 heterocycles. The van der Waals surface area contributed by atoms with E-state index in [0.29, 0.717) is 23.5 Å². The Labute approximate surface area is 112 Å². The lowest BCUT2D eigenvalue weighted by atomic mass is 9.58. The maximum absolute atomic E-state index is 6.22. The molecule has 106 valence electrons. The number of nitrogens with one attached hydrogen (secondary N) is 1. The highest BCUT2D eigenvalue weighted by molar-refractivity contribution is 5.06. The van der Waals surface area contributed by atoms with Crippen molar-refractivity contribution in [1.29, 1.82) is 0 Å². The van der Waals surface area contributed by atoms with Crippen molar-refractivity contribution in [2.75, 3.05) is 26.4 Å². The predicted molar refractivity (Wildman–Crippen MR) is 73.8 cm³/mol. The highest BCUT2D eigenvalue weighted by Gasteiger charge is 2.52. The molecule has 0 aromatic carbocycles. The molecule has 1 aliphatic carbocycles. The van der Waals surface area contributed by atoms with Crippen LogP contribution in [0.1, 0.15) is 46.5 Å². The molecule has 3 atom stereocenters. The number of rotatable bonds is 7. The van der Waals surface area contributed by atoms with Gasteiger partial charge in [0.2, 0.25) is 0 Å². The maximum atomic E-state index is 6.22. The average molecular weight is 255 g/mol. The van der Waals surface area contributed by atoms with Gasteiger partial charge in [-0.1, -0.05) is 20.8 Å². The Morgan fingerprint density at radius 1 is 1.28 bits per heavy atom. The molecule has 3 nitrogen and oxygen atoms in total. The summed E-state index contributed by atoms with van der Waals surface area (Å²) in [6.07, 6.45) is 5.25. The molecule has 1 aliphatic heterocycles. The molecule has 0 radical (unpaired) electrons. The molecule has 0 aromatic rings. The van der Waals surface area contributed by atoms with E-state index in [4.69, 9.17) is 9.47 Å². The second kappa shape index (κ2) is 6.36. The van der Waals surface area contributed by atoms with Crippen LogP contribution in [0.4, 0.5) is 0 Å². The van der Waals surface area contributed by atoms with E-state index in [9.17, 15) is 0 Å². The van der Waals surface area contributed by atoms with Crippen molar-refractivity contribution in [1.82, 2.24) is 5.32 Å². The van der Waals surface area contributed by atoms with Crippen LogP contribution in [0.5, 0.6) is 0 Å². The second-order valence-corrected chi connectivity index (χ2v) is 5.84. The molecular weight excluding hydrogens is 226 g/mol. The van der Waals surface area contributed by atoms with E-state index in [1.54, 1.807) is 0 Å². The molecule has 2 aliphatic rings. The van der Waals surface area contributed by atoms with Crippen molar-refractivity contribution in [3.05, 3.63) is 0 Å². The normalized spacial score (nSPS) is 34.5. The fraction of sp³-hybridized carbons (Fsp3) is 1.00. The molecule has 3 heteroatoms. The third kappa shape index (κ3) is 2.59. The van der Waals surface area contributed by atoms with Gasteiger partial charge in [0.1, 0.15) is 0 Å². The first-order valence-corrected chi connectivity index (χ1v) is 7.69. The summed E-state index contributed by atoms with van der Waals surface area (Å²) in [5.74, 6) is 0.634. The monoisotopic (exact) mass is 255 g/mol. The number of hydrogen-bond acceptors (Lipinski definition) is 3. The lowest BCUT2D eigenvalue weighted by Gasteiger charge is -2.56. The van der Waals surface area contributed by atoms with E-state index in [2.05, 4.69) is 26.1 Å². The zero-order valence-electron chi connectivity index (χ0n) is 12.2. The van der Waals surface area contributed by atoms with E-state index in [-0.39, 0.29) is 0 Å². The van der Waals surface area contributed by atoms with Crippen molar-refractivity contribution in [3.63, 3.8) is 0 Å². The molecular formula is C15H29NO2. The predicted octanol–water partition coefficient (Wildman–Crippen LogP) is 2.60. The van der Waals surface area contributed by atoms with Crippen LogP contribution in [0.15, 0.2) is 0 Å². The second-order valence-electron chi connectivity index (χ2n) is 5.84. The maximum Gasteiger partial charge on any atom is 0.0661 e. The van der Waals surface area contributed by atoms with Gasteiger partial charge in [-0.15, -0.1) is 0 Å². The highest BCUT2D eigenvalue weighted by atomic mass is 16.5. The van der Waals surface area contributed by atoms with Gasteiger partial charge in [-0.05, 0) is 32.2 Å². The SMILES string of the molecule is CCNC1CC(OCC2CCOC2)C1(CC)CC. The van der Waals surface area contributed by atoms with Crippen LogP contribution in [0.2, 0.25) is 0 Å². The van der Waals surface area contributed by atoms with Crippen LogP contribution in [-0.4, -0.2) is 38.5 Å². The summed E-state index contributed by atoms with van der Waals surface area (Å²) in [4.78, 5) is 0. The van der Waals surface area contributed by atoms with Gasteiger partial charge in [0.15, 0.2) is 0 Å². The minimum Gasteiger partial charge on any atom is -0.381 e. The standard InChI is InChI=1S/C15H29NO2/c1-4-15(5-2)13(16-6-3)9-14(15)18-11-12-7-8-17-10-12/h12-14,16H,4-11H2,1-3H3. The van der Waals surface area contributed by atoms with E-state index in [1.165, 1.54) is 25.7 Å². The summed E-state index contributed by atoms with van der Waals surface area (Å²) in [6, 6.07) is 0.655.